The van der Waals surface area contributed by atoms with Crippen molar-refractivity contribution < 1.29 is 24.3 Å². The Morgan fingerprint density at radius 1 is 0.895 bits per heavy atom. The number of carboxylic acid groups (broad SMARTS) is 1. The Balaban J connectivity index is 3.03. The summed E-state index contributed by atoms with van der Waals surface area (Å²) < 4.78 is 0. The molecule has 0 radical (unpaired) electrons. The van der Waals surface area contributed by atoms with Gasteiger partial charge in [0.15, 0.2) is 11.9 Å². The number of aromatic amines is 1. The molecule has 3 amide bonds. The van der Waals surface area contributed by atoms with E-state index >= 15 is 0 Å². The van der Waals surface area contributed by atoms with Gasteiger partial charge in [0.05, 0.1) is 12.4 Å². The van der Waals surface area contributed by atoms with Crippen molar-refractivity contribution >= 4 is 35.6 Å². The first-order chi connectivity index (χ1) is 17.9. The highest BCUT2D eigenvalue weighted by Gasteiger charge is 2.30. The maximum Gasteiger partial charge on any atom is 0.326 e. The Morgan fingerprint density at radius 2 is 1.37 bits per heavy atom. The molecule has 4 atom stereocenters. The number of aliphatic carboxylic acids is 1. The van der Waals surface area contributed by atoms with Crippen LogP contribution in [0.5, 0.6) is 0 Å². The van der Waals surface area contributed by atoms with Gasteiger partial charge in [0, 0.05) is 31.4 Å². The first kappa shape index (κ1) is 31.6. The van der Waals surface area contributed by atoms with Crippen LogP contribution in [-0.2, 0) is 25.6 Å². The van der Waals surface area contributed by atoms with E-state index in [0.29, 0.717) is 12.1 Å². The van der Waals surface area contributed by atoms with Crippen molar-refractivity contribution in [1.82, 2.24) is 25.9 Å². The normalized spacial score (nSPS) is 13.7. The van der Waals surface area contributed by atoms with Gasteiger partial charge in [0.25, 0.3) is 0 Å². The van der Waals surface area contributed by atoms with Gasteiger partial charge < -0.3 is 54.7 Å². The molecule has 15 N–H and O–H groups in total. The van der Waals surface area contributed by atoms with Crippen molar-refractivity contribution in [2.45, 2.75) is 63.2 Å². The van der Waals surface area contributed by atoms with E-state index in [0.717, 1.165) is 0 Å². The molecule has 0 aliphatic heterocycles. The van der Waals surface area contributed by atoms with Crippen LogP contribution in [0.4, 0.5) is 0 Å². The smallest absolute Gasteiger partial charge is 0.326 e. The lowest BCUT2D eigenvalue weighted by atomic mass is 10.1. The van der Waals surface area contributed by atoms with Gasteiger partial charge in [-0.05, 0) is 32.6 Å². The zero-order valence-corrected chi connectivity index (χ0v) is 21.2. The van der Waals surface area contributed by atoms with E-state index in [4.69, 9.17) is 28.7 Å². The fraction of sp³-hybridized carbons (Fsp3) is 0.571. The first-order valence-electron chi connectivity index (χ1n) is 11.9. The maximum atomic E-state index is 13.1. The van der Waals surface area contributed by atoms with Gasteiger partial charge in [-0.15, -0.1) is 0 Å². The summed E-state index contributed by atoms with van der Waals surface area (Å²) in [7, 11) is 0. The summed E-state index contributed by atoms with van der Waals surface area (Å²) >= 11 is 0. The van der Waals surface area contributed by atoms with E-state index in [2.05, 4.69) is 35.9 Å². The number of rotatable bonds is 17. The Kier molecular flexibility index (Phi) is 13.6. The molecular weight excluding hydrogens is 500 g/mol. The summed E-state index contributed by atoms with van der Waals surface area (Å²) in [4.78, 5) is 64.5. The van der Waals surface area contributed by atoms with Crippen molar-refractivity contribution in [1.29, 1.82) is 0 Å². The number of aromatic nitrogens is 2. The number of nitrogens with two attached hydrogens (primary N) is 5. The van der Waals surface area contributed by atoms with E-state index in [-0.39, 0.29) is 50.7 Å². The minimum Gasteiger partial charge on any atom is -0.480 e. The Bertz CT molecular complexity index is 971. The number of H-pyrrole nitrogens is 1. The first-order valence-corrected chi connectivity index (χ1v) is 11.9. The van der Waals surface area contributed by atoms with Crippen molar-refractivity contribution in [2.75, 3.05) is 13.1 Å². The summed E-state index contributed by atoms with van der Waals surface area (Å²) in [5.74, 6) is -3.53. The zero-order chi connectivity index (χ0) is 28.7. The van der Waals surface area contributed by atoms with Crippen molar-refractivity contribution in [3.05, 3.63) is 18.2 Å². The molecule has 0 aliphatic carbocycles. The number of carbonyl (C=O) groups is 4. The minimum absolute atomic E-state index is 0.0619. The van der Waals surface area contributed by atoms with Gasteiger partial charge in [-0.2, -0.15) is 0 Å². The fourth-order valence-electron chi connectivity index (χ4n) is 3.21. The number of hydrogen-bond acceptors (Lipinski definition) is 8. The maximum absolute atomic E-state index is 13.1. The molecule has 1 aromatic rings. The molecule has 0 spiro atoms. The lowest BCUT2D eigenvalue weighted by Gasteiger charge is -2.25. The van der Waals surface area contributed by atoms with Crippen LogP contribution >= 0.6 is 0 Å². The van der Waals surface area contributed by atoms with Gasteiger partial charge in [0.2, 0.25) is 17.7 Å². The Hall–Kier alpha value is -4.41. The molecule has 0 saturated carbocycles. The van der Waals surface area contributed by atoms with Gasteiger partial charge in [0.1, 0.15) is 18.1 Å². The molecule has 1 heterocycles. The molecule has 38 heavy (non-hydrogen) atoms. The van der Waals surface area contributed by atoms with E-state index in [1.165, 1.54) is 19.4 Å². The molecule has 1 rings (SSSR count). The highest BCUT2D eigenvalue weighted by atomic mass is 16.4. The van der Waals surface area contributed by atoms with Gasteiger partial charge in [-0.1, -0.05) is 0 Å². The molecule has 0 bridgehead atoms. The van der Waals surface area contributed by atoms with Crippen LogP contribution in [0.2, 0.25) is 0 Å². The van der Waals surface area contributed by atoms with Gasteiger partial charge in [-0.3, -0.25) is 24.4 Å². The minimum atomic E-state index is -1.30. The standard InChI is InChI=1S/C21H38N12O5/c1-11(22)16(34)31-13(4-2-6-28-20(23)24)17(35)32-14(5-3-7-29-21(25)26)18(36)33-15(19(37)38)8-12-9-27-10-30-12/h9-11,13-15H,2-8,22H2,1H3,(H,27,30)(H,31,34)(H,32,35)(H,33,36)(H,37,38)(H4,23,24,28)(H4,25,26,29). The second kappa shape index (κ2) is 16.4. The number of carboxylic acids is 1. The third-order valence-electron chi connectivity index (χ3n) is 5.16. The quantitative estimate of drug-likeness (QED) is 0.0516. The molecule has 0 aliphatic rings. The van der Waals surface area contributed by atoms with Crippen LogP contribution in [0.3, 0.4) is 0 Å². The highest BCUT2D eigenvalue weighted by Crippen LogP contribution is 2.06. The van der Waals surface area contributed by atoms with E-state index in [1.807, 2.05) is 0 Å². The fourth-order valence-corrected chi connectivity index (χ4v) is 3.21. The number of nitrogens with zero attached hydrogens (tertiary/aromatic N) is 3. The number of carbonyl (C=O) groups excluding carboxylic acids is 3. The molecule has 17 heteroatoms. The third-order valence-corrected chi connectivity index (χ3v) is 5.16. The van der Waals surface area contributed by atoms with Crippen molar-refractivity contribution in [3.63, 3.8) is 0 Å². The number of nitrogens with one attached hydrogen (secondary N) is 4. The van der Waals surface area contributed by atoms with Gasteiger partial charge >= 0.3 is 5.97 Å². The van der Waals surface area contributed by atoms with Crippen molar-refractivity contribution in [3.8, 4) is 0 Å². The zero-order valence-electron chi connectivity index (χ0n) is 21.2. The van der Waals surface area contributed by atoms with Crippen molar-refractivity contribution in [2.24, 2.45) is 38.7 Å². The summed E-state index contributed by atoms with van der Waals surface area (Å²) in [5.41, 5.74) is 27.4. The predicted octanol–water partition coefficient (Wildman–Crippen LogP) is -4.05. The molecule has 0 aromatic carbocycles. The highest BCUT2D eigenvalue weighted by molar-refractivity contribution is 5.94. The molecule has 17 nitrogen and oxygen atoms in total. The second-order valence-electron chi connectivity index (χ2n) is 8.49. The Labute approximate surface area is 219 Å². The lowest BCUT2D eigenvalue weighted by Crippen LogP contribution is -2.57. The summed E-state index contributed by atoms with van der Waals surface area (Å²) in [5, 5.41) is 17.1. The number of hydrogen-bond donors (Lipinski definition) is 10. The van der Waals surface area contributed by atoms with Gasteiger partial charge in [-0.25, -0.2) is 9.78 Å². The predicted molar refractivity (Wildman–Crippen MR) is 139 cm³/mol. The van der Waals surface area contributed by atoms with Crippen LogP contribution in [-0.4, -0.2) is 87.9 Å². The number of guanidine groups is 2. The monoisotopic (exact) mass is 538 g/mol. The molecule has 0 saturated heterocycles. The lowest BCUT2D eigenvalue weighted by molar-refractivity contribution is -0.142. The molecule has 4 unspecified atom stereocenters. The average Bonchev–Trinajstić information content (AvgIpc) is 3.34. The van der Waals surface area contributed by atoms with Crippen LogP contribution in [0.1, 0.15) is 38.3 Å². The summed E-state index contributed by atoms with van der Waals surface area (Å²) in [6, 6.07) is -4.41. The van der Waals surface area contributed by atoms with Crippen LogP contribution in [0.15, 0.2) is 22.5 Å². The average molecular weight is 539 g/mol. The Morgan fingerprint density at radius 3 is 1.76 bits per heavy atom. The topological polar surface area (TPSA) is 308 Å². The van der Waals surface area contributed by atoms with Crippen LogP contribution < -0.4 is 44.6 Å². The summed E-state index contributed by atoms with van der Waals surface area (Å²) in [6.45, 7) is 1.83. The molecule has 212 valence electrons. The van der Waals surface area contributed by atoms with E-state index < -0.39 is 47.9 Å². The van der Waals surface area contributed by atoms with Crippen LogP contribution in [0.25, 0.3) is 0 Å². The molecular formula is C21H38N12O5. The number of imidazole rings is 1. The molecule has 1 aromatic heterocycles. The molecule has 0 fully saturated rings. The largest absolute Gasteiger partial charge is 0.480 e. The second-order valence-corrected chi connectivity index (χ2v) is 8.49. The third kappa shape index (κ3) is 12.5. The number of amides is 3. The number of aliphatic imine (C=N–C) groups is 2. The summed E-state index contributed by atoms with van der Waals surface area (Å²) in [6.07, 6.45) is 3.59. The van der Waals surface area contributed by atoms with E-state index in [1.54, 1.807) is 0 Å². The SMILES string of the molecule is CC(N)C(=O)NC(CCCN=C(N)N)C(=O)NC(CCCN=C(N)N)C(=O)NC(Cc1cnc[nH]1)C(=O)O. The van der Waals surface area contributed by atoms with Crippen LogP contribution in [0, 0.1) is 0 Å². The van der Waals surface area contributed by atoms with E-state index in [9.17, 15) is 24.3 Å².